The van der Waals surface area contributed by atoms with E-state index in [9.17, 15) is 0 Å². The third-order valence-corrected chi connectivity index (χ3v) is 3.24. The Bertz CT molecular complexity index is 191. The Hall–Kier alpha value is 1.34. The molecule has 0 heterocycles. The van der Waals surface area contributed by atoms with Crippen LogP contribution >= 0.6 is 0 Å². The molecule has 132 valence electrons. The molecule has 0 aromatic heterocycles. The molecule has 0 aliphatic carbocycles. The molecule has 0 N–H and O–H groups in total. The largest absolute Gasteiger partial charge is 1.00 e. The Morgan fingerprint density at radius 1 is 0.524 bits per heavy atom. The molecule has 0 aromatic carbocycles. The van der Waals surface area contributed by atoms with E-state index < -0.39 is 0 Å². The van der Waals surface area contributed by atoms with Crippen LogP contribution in [0.15, 0.2) is 0 Å². The standard InChI is InChI=1S/C16H38N2O.2HI/c1-17(2,3)13-9-7-11-15-19-16-12-8-10-14-18(4,5)6;;/h7-16H2,1-6H3;2*1H/q+2;;/p-2. The lowest BCUT2D eigenvalue weighted by atomic mass is 10.2. The van der Waals surface area contributed by atoms with Gasteiger partial charge in [-0.15, -0.1) is 0 Å². The van der Waals surface area contributed by atoms with E-state index in [4.69, 9.17) is 4.74 Å². The number of rotatable bonds is 12. The van der Waals surface area contributed by atoms with E-state index in [2.05, 4.69) is 42.3 Å². The average Bonchev–Trinajstić information content (AvgIpc) is 2.22. The Morgan fingerprint density at radius 3 is 1.14 bits per heavy atom. The predicted octanol–water partition coefficient (Wildman–Crippen LogP) is -3.24. The summed E-state index contributed by atoms with van der Waals surface area (Å²) in [4.78, 5) is 0. The molecule has 0 aliphatic heterocycles. The first-order valence-corrected chi connectivity index (χ1v) is 7.89. The summed E-state index contributed by atoms with van der Waals surface area (Å²) in [6.07, 6.45) is 7.68. The lowest BCUT2D eigenvalue weighted by Crippen LogP contribution is -3.00. The Labute approximate surface area is 168 Å². The van der Waals surface area contributed by atoms with Crippen molar-refractivity contribution in [3.05, 3.63) is 0 Å². The quantitative estimate of drug-likeness (QED) is 0.147. The smallest absolute Gasteiger partial charge is 0.0780 e. The van der Waals surface area contributed by atoms with Crippen molar-refractivity contribution in [2.45, 2.75) is 38.5 Å². The maximum absolute atomic E-state index is 5.69. The van der Waals surface area contributed by atoms with Gasteiger partial charge in [0.1, 0.15) is 0 Å². The summed E-state index contributed by atoms with van der Waals surface area (Å²) < 4.78 is 7.84. The summed E-state index contributed by atoms with van der Waals surface area (Å²) in [5.41, 5.74) is 0. The van der Waals surface area contributed by atoms with Gasteiger partial charge in [0.15, 0.2) is 0 Å². The van der Waals surface area contributed by atoms with Gasteiger partial charge in [0.25, 0.3) is 0 Å². The second-order valence-corrected chi connectivity index (χ2v) is 7.76. The van der Waals surface area contributed by atoms with E-state index in [-0.39, 0.29) is 48.0 Å². The van der Waals surface area contributed by atoms with Crippen molar-refractivity contribution >= 4 is 0 Å². The number of hydrogen-bond donors (Lipinski definition) is 0. The summed E-state index contributed by atoms with van der Waals surface area (Å²) >= 11 is 0. The maximum Gasteiger partial charge on any atom is 0.0780 e. The van der Waals surface area contributed by atoms with Crippen molar-refractivity contribution in [3.63, 3.8) is 0 Å². The fraction of sp³-hybridized carbons (Fsp3) is 1.00. The first-order chi connectivity index (χ1) is 8.71. The molecule has 0 radical (unpaired) electrons. The molecule has 0 unspecified atom stereocenters. The number of quaternary nitrogens is 2. The highest BCUT2D eigenvalue weighted by Crippen LogP contribution is 2.03. The first kappa shape index (κ1) is 27.2. The third-order valence-electron chi connectivity index (χ3n) is 3.24. The Balaban J connectivity index is -0.00000162. The van der Waals surface area contributed by atoms with Crippen LogP contribution in [0.1, 0.15) is 38.5 Å². The Morgan fingerprint density at radius 2 is 0.857 bits per heavy atom. The fourth-order valence-electron chi connectivity index (χ4n) is 2.04. The van der Waals surface area contributed by atoms with Crippen molar-refractivity contribution in [2.75, 3.05) is 68.6 Å². The van der Waals surface area contributed by atoms with Gasteiger partial charge >= 0.3 is 0 Å². The van der Waals surface area contributed by atoms with Crippen LogP contribution in [-0.2, 0) is 4.74 Å². The van der Waals surface area contributed by atoms with Crippen LogP contribution in [-0.4, -0.2) is 77.6 Å². The van der Waals surface area contributed by atoms with Crippen molar-refractivity contribution in [1.29, 1.82) is 0 Å². The molecule has 21 heavy (non-hydrogen) atoms. The highest BCUT2D eigenvalue weighted by atomic mass is 127. The van der Waals surface area contributed by atoms with Gasteiger partial charge in [-0.2, -0.15) is 0 Å². The van der Waals surface area contributed by atoms with E-state index >= 15 is 0 Å². The molecule has 0 amide bonds. The van der Waals surface area contributed by atoms with Gasteiger partial charge in [-0.1, -0.05) is 0 Å². The molecule has 0 atom stereocenters. The third kappa shape index (κ3) is 26.5. The topological polar surface area (TPSA) is 9.23 Å². The molecule has 0 rings (SSSR count). The van der Waals surface area contributed by atoms with E-state index in [1.165, 1.54) is 51.6 Å². The van der Waals surface area contributed by atoms with Crippen LogP contribution in [0, 0.1) is 0 Å². The van der Waals surface area contributed by atoms with Crippen LogP contribution in [0.3, 0.4) is 0 Å². The summed E-state index contributed by atoms with van der Waals surface area (Å²) in [6, 6.07) is 0. The second kappa shape index (κ2) is 14.9. The van der Waals surface area contributed by atoms with Crippen LogP contribution in [0.25, 0.3) is 0 Å². The number of unbranched alkanes of at least 4 members (excludes halogenated alkanes) is 4. The summed E-state index contributed by atoms with van der Waals surface area (Å²) in [5, 5.41) is 0. The molecule has 0 fully saturated rings. The first-order valence-electron chi connectivity index (χ1n) is 7.89. The van der Waals surface area contributed by atoms with Crippen LogP contribution < -0.4 is 48.0 Å². The monoisotopic (exact) mass is 528 g/mol. The van der Waals surface area contributed by atoms with Gasteiger partial charge in [-0.05, 0) is 38.5 Å². The van der Waals surface area contributed by atoms with E-state index in [1.54, 1.807) is 0 Å². The number of nitrogens with zero attached hydrogens (tertiary/aromatic N) is 2. The van der Waals surface area contributed by atoms with Gasteiger partial charge < -0.3 is 61.7 Å². The number of ether oxygens (including phenoxy) is 1. The molecule has 0 aromatic rings. The van der Waals surface area contributed by atoms with E-state index in [0.717, 1.165) is 22.2 Å². The highest BCUT2D eigenvalue weighted by Gasteiger charge is 2.06. The fourth-order valence-corrected chi connectivity index (χ4v) is 2.04. The number of hydrogen-bond acceptors (Lipinski definition) is 1. The molecule has 3 nitrogen and oxygen atoms in total. The summed E-state index contributed by atoms with van der Waals surface area (Å²) in [7, 11) is 13.5. The van der Waals surface area contributed by atoms with Crippen molar-refractivity contribution < 1.29 is 61.7 Å². The van der Waals surface area contributed by atoms with E-state index in [0.29, 0.717) is 0 Å². The molecule has 0 aliphatic rings. The maximum atomic E-state index is 5.69. The lowest BCUT2D eigenvalue weighted by molar-refractivity contribution is -0.870. The molecule has 5 heteroatoms. The van der Waals surface area contributed by atoms with Crippen molar-refractivity contribution in [3.8, 4) is 0 Å². The molecular formula is C16H38I2N2O. The molecule has 0 bridgehead atoms. The zero-order chi connectivity index (χ0) is 14.8. The zero-order valence-electron chi connectivity index (χ0n) is 15.1. The lowest BCUT2D eigenvalue weighted by Gasteiger charge is -2.23. The van der Waals surface area contributed by atoms with Crippen molar-refractivity contribution in [2.24, 2.45) is 0 Å². The molecule has 0 saturated carbocycles. The second-order valence-electron chi connectivity index (χ2n) is 7.76. The van der Waals surface area contributed by atoms with Gasteiger partial charge in [0.05, 0.1) is 55.4 Å². The SMILES string of the molecule is C[N+](C)(C)CCCCCOCCCCC[N+](C)(C)C.[I-].[I-]. The van der Waals surface area contributed by atoms with Crippen LogP contribution in [0.2, 0.25) is 0 Å². The van der Waals surface area contributed by atoms with E-state index in [1.807, 2.05) is 0 Å². The summed E-state index contributed by atoms with van der Waals surface area (Å²) in [5.74, 6) is 0. The number of halogens is 2. The van der Waals surface area contributed by atoms with Gasteiger partial charge in [-0.25, -0.2) is 0 Å². The highest BCUT2D eigenvalue weighted by molar-refractivity contribution is 4.43. The van der Waals surface area contributed by atoms with Crippen molar-refractivity contribution in [1.82, 2.24) is 0 Å². The molecular weight excluding hydrogens is 490 g/mol. The zero-order valence-corrected chi connectivity index (χ0v) is 19.4. The summed E-state index contributed by atoms with van der Waals surface area (Å²) in [6.45, 7) is 4.44. The van der Waals surface area contributed by atoms with Gasteiger partial charge in [0, 0.05) is 13.2 Å². The minimum atomic E-state index is 0. The predicted molar refractivity (Wildman–Crippen MR) is 84.3 cm³/mol. The van der Waals surface area contributed by atoms with Crippen LogP contribution in [0.4, 0.5) is 0 Å². The van der Waals surface area contributed by atoms with Gasteiger partial charge in [0.2, 0.25) is 0 Å². The Kier molecular flexibility index (Phi) is 19.3. The van der Waals surface area contributed by atoms with Gasteiger partial charge in [-0.3, -0.25) is 0 Å². The molecule has 0 spiro atoms. The molecule has 0 saturated heterocycles. The normalized spacial score (nSPS) is 11.7. The minimum Gasteiger partial charge on any atom is -1.00 e. The van der Waals surface area contributed by atoms with Crippen LogP contribution in [0.5, 0.6) is 0 Å². The average molecular weight is 528 g/mol. The minimum absolute atomic E-state index is 0.